The van der Waals surface area contributed by atoms with Crippen LogP contribution in [0.5, 0.6) is 0 Å². The van der Waals surface area contributed by atoms with Crippen LogP contribution in [0.15, 0.2) is 24.3 Å². The van der Waals surface area contributed by atoms with E-state index in [-0.39, 0.29) is 17.5 Å². The van der Waals surface area contributed by atoms with E-state index in [4.69, 9.17) is 0 Å². The van der Waals surface area contributed by atoms with Crippen LogP contribution < -0.4 is 0 Å². The van der Waals surface area contributed by atoms with Crippen molar-refractivity contribution in [1.29, 1.82) is 0 Å². The van der Waals surface area contributed by atoms with E-state index in [1.165, 1.54) is 17.0 Å². The molecule has 4 heteroatoms. The molecule has 1 aliphatic rings. The Labute approximate surface area is 106 Å². The summed E-state index contributed by atoms with van der Waals surface area (Å²) in [6.45, 7) is 0. The Balaban J connectivity index is 2.16. The molecule has 1 saturated carbocycles. The minimum Gasteiger partial charge on any atom is -0.391 e. The molecule has 3 nitrogen and oxygen atoms in total. The number of hydrogen-bond donors (Lipinski definition) is 1. The summed E-state index contributed by atoms with van der Waals surface area (Å²) in [5.74, 6) is -0.876. The predicted octanol–water partition coefficient (Wildman–Crippen LogP) is 2.20. The van der Waals surface area contributed by atoms with Gasteiger partial charge in [-0.3, -0.25) is 4.79 Å². The molecule has 98 valence electrons. The second-order valence-electron chi connectivity index (χ2n) is 4.82. The highest BCUT2D eigenvalue weighted by atomic mass is 19.1. The van der Waals surface area contributed by atoms with Crippen molar-refractivity contribution in [2.75, 3.05) is 7.05 Å². The van der Waals surface area contributed by atoms with E-state index >= 15 is 0 Å². The molecule has 1 aromatic rings. The van der Waals surface area contributed by atoms with Crippen molar-refractivity contribution in [3.05, 3.63) is 35.6 Å². The highest BCUT2D eigenvalue weighted by molar-refractivity contribution is 5.94. The number of likely N-dealkylation sites (N-methyl/N-ethyl adjacent to an activating group) is 1. The Morgan fingerprint density at radius 3 is 2.67 bits per heavy atom. The number of carbonyl (C=O) groups is 1. The molecule has 0 unspecified atom stereocenters. The first-order valence-corrected chi connectivity index (χ1v) is 6.31. The van der Waals surface area contributed by atoms with Gasteiger partial charge in [-0.1, -0.05) is 25.0 Å². The molecule has 0 heterocycles. The lowest BCUT2D eigenvalue weighted by atomic mass is 9.91. The zero-order valence-corrected chi connectivity index (χ0v) is 10.5. The average molecular weight is 251 g/mol. The van der Waals surface area contributed by atoms with E-state index in [0.29, 0.717) is 6.42 Å². The number of halogens is 1. The van der Waals surface area contributed by atoms with Crippen molar-refractivity contribution >= 4 is 5.91 Å². The molecule has 1 aliphatic carbocycles. The summed E-state index contributed by atoms with van der Waals surface area (Å²) in [5, 5.41) is 9.92. The van der Waals surface area contributed by atoms with Crippen molar-refractivity contribution in [3.63, 3.8) is 0 Å². The second kappa shape index (κ2) is 5.48. The summed E-state index contributed by atoms with van der Waals surface area (Å²) in [6, 6.07) is 5.75. The summed E-state index contributed by atoms with van der Waals surface area (Å²) in [7, 11) is 1.63. The number of hydrogen-bond acceptors (Lipinski definition) is 2. The molecule has 0 spiro atoms. The van der Waals surface area contributed by atoms with Gasteiger partial charge in [-0.2, -0.15) is 0 Å². The first-order valence-electron chi connectivity index (χ1n) is 6.31. The number of carbonyl (C=O) groups excluding carboxylic acids is 1. The number of aliphatic hydroxyl groups excluding tert-OH is 1. The van der Waals surface area contributed by atoms with Gasteiger partial charge in [0.25, 0.3) is 5.91 Å². The molecule has 0 saturated heterocycles. The quantitative estimate of drug-likeness (QED) is 0.875. The fourth-order valence-electron chi connectivity index (χ4n) is 2.52. The maximum atomic E-state index is 13.6. The minimum absolute atomic E-state index is 0.0674. The smallest absolute Gasteiger partial charge is 0.256 e. The molecule has 1 aromatic carbocycles. The lowest BCUT2D eigenvalue weighted by Crippen LogP contribution is -2.46. The van der Waals surface area contributed by atoms with Crippen molar-refractivity contribution in [1.82, 2.24) is 4.90 Å². The van der Waals surface area contributed by atoms with Gasteiger partial charge in [0.1, 0.15) is 5.82 Å². The Kier molecular flexibility index (Phi) is 3.97. The summed E-state index contributed by atoms with van der Waals surface area (Å²) < 4.78 is 13.6. The SMILES string of the molecule is CN(C(=O)c1ccccc1F)[C@@H]1CCCC[C@@H]1O. The zero-order chi connectivity index (χ0) is 13.1. The number of benzene rings is 1. The molecule has 18 heavy (non-hydrogen) atoms. The third-order valence-electron chi connectivity index (χ3n) is 3.62. The van der Waals surface area contributed by atoms with Crippen molar-refractivity contribution in [2.45, 2.75) is 37.8 Å². The second-order valence-corrected chi connectivity index (χ2v) is 4.82. The normalized spacial score (nSPS) is 23.7. The molecule has 0 radical (unpaired) electrons. The summed E-state index contributed by atoms with van der Waals surface area (Å²) in [4.78, 5) is 13.7. The average Bonchev–Trinajstić information content (AvgIpc) is 2.38. The van der Waals surface area contributed by atoms with Crippen LogP contribution in [0.2, 0.25) is 0 Å². The van der Waals surface area contributed by atoms with E-state index in [2.05, 4.69) is 0 Å². The van der Waals surface area contributed by atoms with Gasteiger partial charge in [0.15, 0.2) is 0 Å². The number of nitrogens with zero attached hydrogens (tertiary/aromatic N) is 1. The molecular weight excluding hydrogens is 233 g/mol. The molecule has 2 atom stereocenters. The van der Waals surface area contributed by atoms with Crippen LogP contribution in [0.3, 0.4) is 0 Å². The van der Waals surface area contributed by atoms with Gasteiger partial charge in [-0.05, 0) is 25.0 Å². The van der Waals surface area contributed by atoms with Gasteiger partial charge in [-0.25, -0.2) is 4.39 Å². The number of amides is 1. The van der Waals surface area contributed by atoms with E-state index in [1.807, 2.05) is 0 Å². The molecule has 1 fully saturated rings. The van der Waals surface area contributed by atoms with Crippen LogP contribution >= 0.6 is 0 Å². The molecule has 1 N–H and O–H groups in total. The summed E-state index contributed by atoms with van der Waals surface area (Å²) in [5.41, 5.74) is 0.0674. The van der Waals surface area contributed by atoms with Gasteiger partial charge < -0.3 is 10.0 Å². The highest BCUT2D eigenvalue weighted by Gasteiger charge is 2.30. The highest BCUT2D eigenvalue weighted by Crippen LogP contribution is 2.24. The fourth-order valence-corrected chi connectivity index (χ4v) is 2.52. The van der Waals surface area contributed by atoms with E-state index in [1.54, 1.807) is 19.2 Å². The standard InChI is InChI=1S/C14H18FNO2/c1-16(12-8-4-5-9-13(12)17)14(18)10-6-2-3-7-11(10)15/h2-3,6-7,12-13,17H,4-5,8-9H2,1H3/t12-,13+/m1/s1. The molecule has 2 rings (SSSR count). The van der Waals surface area contributed by atoms with Crippen molar-refractivity contribution in [3.8, 4) is 0 Å². The van der Waals surface area contributed by atoms with Gasteiger partial charge in [0.2, 0.25) is 0 Å². The number of aliphatic hydroxyl groups is 1. The monoisotopic (exact) mass is 251 g/mol. The topological polar surface area (TPSA) is 40.5 Å². The van der Waals surface area contributed by atoms with E-state index < -0.39 is 11.9 Å². The van der Waals surface area contributed by atoms with Crippen LogP contribution in [0.4, 0.5) is 4.39 Å². The van der Waals surface area contributed by atoms with Crippen LogP contribution in [0.25, 0.3) is 0 Å². The Morgan fingerprint density at radius 1 is 1.33 bits per heavy atom. The minimum atomic E-state index is -0.514. The van der Waals surface area contributed by atoms with Crippen LogP contribution in [-0.4, -0.2) is 35.1 Å². The van der Waals surface area contributed by atoms with Crippen LogP contribution in [0.1, 0.15) is 36.0 Å². The lowest BCUT2D eigenvalue weighted by molar-refractivity contribution is 0.0265. The zero-order valence-electron chi connectivity index (χ0n) is 10.5. The third-order valence-corrected chi connectivity index (χ3v) is 3.62. The van der Waals surface area contributed by atoms with Gasteiger partial charge in [0, 0.05) is 7.05 Å². The third kappa shape index (κ3) is 2.53. The predicted molar refractivity (Wildman–Crippen MR) is 66.8 cm³/mol. The molecule has 0 aromatic heterocycles. The fraction of sp³-hybridized carbons (Fsp3) is 0.500. The van der Waals surface area contributed by atoms with Gasteiger partial charge in [-0.15, -0.1) is 0 Å². The first kappa shape index (κ1) is 13.0. The Morgan fingerprint density at radius 2 is 2.00 bits per heavy atom. The van der Waals surface area contributed by atoms with E-state index in [0.717, 1.165) is 19.3 Å². The molecular formula is C14H18FNO2. The largest absolute Gasteiger partial charge is 0.391 e. The Bertz CT molecular complexity index is 436. The molecule has 0 bridgehead atoms. The lowest BCUT2D eigenvalue weighted by Gasteiger charge is -2.35. The molecule has 1 amide bonds. The number of rotatable bonds is 2. The summed E-state index contributed by atoms with van der Waals surface area (Å²) in [6.07, 6.45) is 2.97. The van der Waals surface area contributed by atoms with Gasteiger partial charge in [0.05, 0.1) is 17.7 Å². The molecule has 0 aliphatic heterocycles. The Hall–Kier alpha value is -1.42. The summed E-state index contributed by atoms with van der Waals surface area (Å²) >= 11 is 0. The van der Waals surface area contributed by atoms with Crippen molar-refractivity contribution < 1.29 is 14.3 Å². The van der Waals surface area contributed by atoms with Gasteiger partial charge >= 0.3 is 0 Å². The van der Waals surface area contributed by atoms with Crippen LogP contribution in [0, 0.1) is 5.82 Å². The van der Waals surface area contributed by atoms with E-state index in [9.17, 15) is 14.3 Å². The van der Waals surface area contributed by atoms with Crippen molar-refractivity contribution in [2.24, 2.45) is 0 Å². The maximum absolute atomic E-state index is 13.6. The maximum Gasteiger partial charge on any atom is 0.256 e. The van der Waals surface area contributed by atoms with Crippen LogP contribution in [-0.2, 0) is 0 Å². The first-order chi connectivity index (χ1) is 8.61.